The number of rotatable bonds is 3. The Hall–Kier alpha value is -1.33. The summed E-state index contributed by atoms with van der Waals surface area (Å²) in [7, 11) is 0. The minimum Gasteiger partial charge on any atom is -0.399 e. The topological polar surface area (TPSA) is 26.0 Å². The molecular weight excluding hydrogens is 307 g/mol. The molecule has 0 unspecified atom stereocenters. The summed E-state index contributed by atoms with van der Waals surface area (Å²) in [6, 6.07) is 10.8. The van der Waals surface area contributed by atoms with Gasteiger partial charge in [0.2, 0.25) is 0 Å². The van der Waals surface area contributed by atoms with Crippen molar-refractivity contribution in [3.8, 4) is 0 Å². The Kier molecular flexibility index (Phi) is 4.50. The maximum atomic E-state index is 12.9. The van der Waals surface area contributed by atoms with Crippen LogP contribution >= 0.6 is 23.4 Å². The molecule has 1 nitrogen and oxygen atoms in total. The molecule has 2 N–H and O–H groups in total. The molecule has 0 amide bonds. The van der Waals surface area contributed by atoms with Crippen LogP contribution in [0.3, 0.4) is 0 Å². The molecule has 0 aliphatic heterocycles. The average Bonchev–Trinajstić information content (AvgIpc) is 2.38. The second kappa shape index (κ2) is 5.97. The van der Waals surface area contributed by atoms with E-state index in [4.69, 9.17) is 17.3 Å². The van der Waals surface area contributed by atoms with Gasteiger partial charge in [-0.15, -0.1) is 11.8 Å². The first-order valence-electron chi connectivity index (χ1n) is 5.70. The van der Waals surface area contributed by atoms with E-state index in [1.54, 1.807) is 24.3 Å². The third kappa shape index (κ3) is 3.84. The van der Waals surface area contributed by atoms with Crippen molar-refractivity contribution in [2.24, 2.45) is 0 Å². The summed E-state index contributed by atoms with van der Waals surface area (Å²) in [6.07, 6.45) is -4.40. The molecule has 2 aromatic rings. The Balaban J connectivity index is 2.19. The van der Waals surface area contributed by atoms with Crippen molar-refractivity contribution >= 4 is 29.1 Å². The van der Waals surface area contributed by atoms with Crippen LogP contribution in [0.2, 0.25) is 5.02 Å². The summed E-state index contributed by atoms with van der Waals surface area (Å²) in [5.74, 6) is 0.219. The fourth-order valence-electron chi connectivity index (χ4n) is 1.68. The normalized spacial score (nSPS) is 11.6. The average molecular weight is 318 g/mol. The van der Waals surface area contributed by atoms with Gasteiger partial charge in [-0.3, -0.25) is 0 Å². The van der Waals surface area contributed by atoms with E-state index in [0.29, 0.717) is 5.02 Å². The molecule has 0 aromatic heterocycles. The number of anilines is 1. The molecule has 0 bridgehead atoms. The molecule has 0 aliphatic rings. The number of nitrogens with two attached hydrogens (primary N) is 1. The molecule has 0 radical (unpaired) electrons. The van der Waals surface area contributed by atoms with E-state index in [1.807, 2.05) is 0 Å². The summed E-state index contributed by atoms with van der Waals surface area (Å²) in [6.45, 7) is 0. The number of alkyl halides is 3. The number of nitrogen functional groups attached to an aromatic ring is 1. The van der Waals surface area contributed by atoms with Gasteiger partial charge >= 0.3 is 6.18 Å². The number of halogens is 4. The summed E-state index contributed by atoms with van der Waals surface area (Å²) >= 11 is 7.08. The third-order valence-corrected chi connectivity index (χ3v) is 3.96. The lowest BCUT2D eigenvalue weighted by Crippen LogP contribution is -2.09. The van der Waals surface area contributed by atoms with Crippen LogP contribution in [0.4, 0.5) is 18.9 Å². The van der Waals surface area contributed by atoms with Crippen molar-refractivity contribution in [2.45, 2.75) is 16.8 Å². The molecule has 2 aromatic carbocycles. The van der Waals surface area contributed by atoms with Crippen LogP contribution in [-0.4, -0.2) is 0 Å². The highest BCUT2D eigenvalue weighted by atomic mass is 35.5. The number of thioether (sulfide) groups is 1. The summed E-state index contributed by atoms with van der Waals surface area (Å²) in [5, 5.41) is 0.595. The lowest BCUT2D eigenvalue weighted by atomic mass is 10.1. The maximum absolute atomic E-state index is 12.9. The van der Waals surface area contributed by atoms with E-state index >= 15 is 0 Å². The zero-order valence-electron chi connectivity index (χ0n) is 10.2. The van der Waals surface area contributed by atoms with Gasteiger partial charge in [-0.1, -0.05) is 17.7 Å². The fraction of sp³-hybridized carbons (Fsp3) is 0.143. The smallest absolute Gasteiger partial charge is 0.399 e. The van der Waals surface area contributed by atoms with Gasteiger partial charge < -0.3 is 5.73 Å². The van der Waals surface area contributed by atoms with Gasteiger partial charge in [-0.2, -0.15) is 13.2 Å². The van der Waals surface area contributed by atoms with Crippen LogP contribution in [0, 0.1) is 0 Å². The Morgan fingerprint density at radius 3 is 2.30 bits per heavy atom. The van der Waals surface area contributed by atoms with E-state index < -0.39 is 11.7 Å². The Labute approximate surface area is 123 Å². The molecule has 0 atom stereocenters. The molecule has 106 valence electrons. The van der Waals surface area contributed by atoms with Gasteiger partial charge in [-0.25, -0.2) is 0 Å². The molecule has 6 heteroatoms. The molecule has 0 aliphatic carbocycles. The summed E-state index contributed by atoms with van der Waals surface area (Å²) in [5.41, 5.74) is 5.07. The number of hydrogen-bond acceptors (Lipinski definition) is 2. The zero-order chi connectivity index (χ0) is 14.8. The predicted octanol–water partition coefficient (Wildman–Crippen LogP) is 5.23. The van der Waals surface area contributed by atoms with Gasteiger partial charge in [0, 0.05) is 21.4 Å². The monoisotopic (exact) mass is 317 g/mol. The zero-order valence-corrected chi connectivity index (χ0v) is 11.8. The van der Waals surface area contributed by atoms with E-state index in [2.05, 4.69) is 0 Å². The quantitative estimate of drug-likeness (QED) is 0.619. The molecule has 0 heterocycles. The second-order valence-electron chi connectivity index (χ2n) is 4.16. The van der Waals surface area contributed by atoms with Crippen LogP contribution < -0.4 is 5.73 Å². The highest BCUT2D eigenvalue weighted by molar-refractivity contribution is 7.98. The van der Waals surface area contributed by atoms with E-state index in [1.165, 1.54) is 23.9 Å². The molecule has 2 rings (SSSR count). The fourth-order valence-corrected chi connectivity index (χ4v) is 2.70. The predicted molar refractivity (Wildman–Crippen MR) is 76.9 cm³/mol. The lowest BCUT2D eigenvalue weighted by Gasteiger charge is -2.13. The molecule has 0 saturated carbocycles. The van der Waals surface area contributed by atoms with Crippen molar-refractivity contribution in [1.29, 1.82) is 0 Å². The van der Waals surface area contributed by atoms with Crippen LogP contribution in [-0.2, 0) is 11.9 Å². The molecule has 0 saturated heterocycles. The minimum atomic E-state index is -4.40. The summed E-state index contributed by atoms with van der Waals surface area (Å²) < 4.78 is 38.8. The second-order valence-corrected chi connectivity index (χ2v) is 5.64. The largest absolute Gasteiger partial charge is 0.416 e. The number of benzene rings is 2. The Morgan fingerprint density at radius 2 is 1.70 bits per heavy atom. The lowest BCUT2D eigenvalue weighted by molar-refractivity contribution is -0.138. The van der Waals surface area contributed by atoms with Crippen LogP contribution in [0.25, 0.3) is 0 Å². The van der Waals surface area contributed by atoms with E-state index in [9.17, 15) is 13.2 Å². The van der Waals surface area contributed by atoms with Crippen LogP contribution in [0.1, 0.15) is 11.1 Å². The van der Waals surface area contributed by atoms with Crippen LogP contribution in [0.15, 0.2) is 47.4 Å². The Morgan fingerprint density at radius 1 is 1.05 bits per heavy atom. The van der Waals surface area contributed by atoms with Crippen molar-refractivity contribution in [1.82, 2.24) is 0 Å². The van der Waals surface area contributed by atoms with Gasteiger partial charge in [-0.05, 0) is 42.0 Å². The molecular formula is C14H11ClF3NS. The van der Waals surface area contributed by atoms with Crippen molar-refractivity contribution < 1.29 is 13.2 Å². The molecule has 0 spiro atoms. The first-order chi connectivity index (χ1) is 9.36. The highest BCUT2D eigenvalue weighted by Crippen LogP contribution is 2.36. The SMILES string of the molecule is Nc1ccc(CSc2ccc(Cl)cc2)c(C(F)(F)F)c1. The van der Waals surface area contributed by atoms with Crippen LogP contribution in [0.5, 0.6) is 0 Å². The van der Waals surface area contributed by atoms with Crippen molar-refractivity contribution in [3.63, 3.8) is 0 Å². The minimum absolute atomic E-state index is 0.109. The third-order valence-electron chi connectivity index (χ3n) is 2.65. The first-order valence-corrected chi connectivity index (χ1v) is 7.06. The molecule has 0 fully saturated rings. The standard InChI is InChI=1S/C14H11ClF3NS/c15-10-2-5-12(6-3-10)20-8-9-1-4-11(19)7-13(9)14(16,17)18/h1-7H,8,19H2. The summed E-state index contributed by atoms with van der Waals surface area (Å²) in [4.78, 5) is 0.861. The van der Waals surface area contributed by atoms with E-state index in [-0.39, 0.29) is 17.0 Å². The van der Waals surface area contributed by atoms with Gasteiger partial charge in [0.1, 0.15) is 0 Å². The Bertz CT molecular complexity index is 596. The first kappa shape index (κ1) is 15.1. The van der Waals surface area contributed by atoms with E-state index in [0.717, 1.165) is 11.0 Å². The number of hydrogen-bond donors (Lipinski definition) is 1. The highest BCUT2D eigenvalue weighted by Gasteiger charge is 2.33. The van der Waals surface area contributed by atoms with Gasteiger partial charge in [0.15, 0.2) is 0 Å². The van der Waals surface area contributed by atoms with Gasteiger partial charge in [0.25, 0.3) is 0 Å². The van der Waals surface area contributed by atoms with Crippen molar-refractivity contribution in [3.05, 3.63) is 58.6 Å². The molecule has 20 heavy (non-hydrogen) atoms. The van der Waals surface area contributed by atoms with Crippen molar-refractivity contribution in [2.75, 3.05) is 5.73 Å². The van der Waals surface area contributed by atoms with Gasteiger partial charge in [0.05, 0.1) is 5.56 Å². The maximum Gasteiger partial charge on any atom is 0.416 e.